The molecule has 1 atom stereocenters. The highest BCUT2D eigenvalue weighted by molar-refractivity contribution is 6.13. The summed E-state index contributed by atoms with van der Waals surface area (Å²) in [5.41, 5.74) is 3.79. The van der Waals surface area contributed by atoms with Gasteiger partial charge in [-0.1, -0.05) is 103 Å². The minimum Gasteiger partial charge on any atom is -0.461 e. The van der Waals surface area contributed by atoms with Crippen molar-refractivity contribution in [3.63, 3.8) is 0 Å². The molecule has 0 heterocycles. The van der Waals surface area contributed by atoms with Crippen LogP contribution in [-0.2, 0) is 16.0 Å². The highest BCUT2D eigenvalue weighted by Crippen LogP contribution is 2.20. The molecule has 0 saturated heterocycles. The Morgan fingerprint density at radius 3 is 1.91 bits per heavy atom. The van der Waals surface area contributed by atoms with E-state index in [1.165, 1.54) is 5.39 Å². The fourth-order valence-corrected chi connectivity index (χ4v) is 3.75. The number of esters is 1. The topological polar surface area (TPSA) is 38.7 Å². The van der Waals surface area contributed by atoms with E-state index in [2.05, 4.69) is 30.3 Å². The van der Waals surface area contributed by atoms with Gasteiger partial charge in [0.25, 0.3) is 0 Å². The van der Waals surface area contributed by atoms with Gasteiger partial charge in [-0.15, -0.1) is 0 Å². The van der Waals surface area contributed by atoms with Gasteiger partial charge in [-0.3, -0.25) is 4.99 Å². The first-order valence-corrected chi connectivity index (χ1v) is 11.0. The van der Waals surface area contributed by atoms with E-state index in [4.69, 9.17) is 9.73 Å². The number of benzene rings is 4. The molecule has 32 heavy (non-hydrogen) atoms. The summed E-state index contributed by atoms with van der Waals surface area (Å²) in [4.78, 5) is 18.1. The monoisotopic (exact) mass is 421 g/mol. The molecule has 0 spiro atoms. The molecule has 0 aliphatic heterocycles. The molecule has 0 radical (unpaired) electrons. The Balaban J connectivity index is 1.76. The van der Waals surface area contributed by atoms with E-state index in [0.29, 0.717) is 6.42 Å². The number of rotatable bonds is 7. The third-order valence-corrected chi connectivity index (χ3v) is 5.25. The van der Waals surface area contributed by atoms with Gasteiger partial charge in [0.15, 0.2) is 6.04 Å². The summed E-state index contributed by atoms with van der Waals surface area (Å²) in [6.07, 6.45) is 0.272. The zero-order chi connectivity index (χ0) is 22.3. The van der Waals surface area contributed by atoms with Gasteiger partial charge in [-0.05, 0) is 30.2 Å². The summed E-state index contributed by atoms with van der Waals surface area (Å²) < 4.78 is 5.60. The van der Waals surface area contributed by atoms with Gasteiger partial charge >= 0.3 is 5.97 Å². The van der Waals surface area contributed by atoms with Crippen molar-refractivity contribution in [3.05, 3.63) is 120 Å². The Morgan fingerprint density at radius 2 is 1.31 bits per heavy atom. The maximum atomic E-state index is 13.1. The van der Waals surface area contributed by atoms with E-state index in [0.717, 1.165) is 27.8 Å². The molecule has 0 aliphatic carbocycles. The highest BCUT2D eigenvalue weighted by atomic mass is 16.5. The second-order valence-electron chi connectivity index (χ2n) is 8.10. The van der Waals surface area contributed by atoms with E-state index in [1.807, 2.05) is 86.6 Å². The first-order chi connectivity index (χ1) is 15.6. The van der Waals surface area contributed by atoms with Crippen LogP contribution in [0.15, 0.2) is 108 Å². The molecule has 0 N–H and O–H groups in total. The number of aliphatic imine (C=N–C) groups is 1. The minimum atomic E-state index is -0.644. The van der Waals surface area contributed by atoms with Crippen molar-refractivity contribution < 1.29 is 9.53 Å². The van der Waals surface area contributed by atoms with Crippen molar-refractivity contribution in [3.8, 4) is 0 Å². The van der Waals surface area contributed by atoms with Crippen molar-refractivity contribution in [1.82, 2.24) is 0 Å². The first kappa shape index (κ1) is 21.5. The molecule has 3 nitrogen and oxygen atoms in total. The highest BCUT2D eigenvalue weighted by Gasteiger charge is 2.23. The van der Waals surface area contributed by atoms with Crippen molar-refractivity contribution in [2.24, 2.45) is 4.99 Å². The second-order valence-corrected chi connectivity index (χ2v) is 8.10. The number of carbonyl (C=O) groups excluding carboxylic acids is 1. The Labute approximate surface area is 189 Å². The molecule has 0 aliphatic rings. The summed E-state index contributed by atoms with van der Waals surface area (Å²) in [5.74, 6) is -0.308. The summed E-state index contributed by atoms with van der Waals surface area (Å²) in [6.45, 7) is 3.73. The standard InChI is InChI=1S/C29H27NO2/c1-21(2)32-29(31)27(20-22-17-18-23-11-9-10-16-26(23)19-22)30-28(24-12-5-3-6-13-24)25-14-7-4-8-15-25/h3-19,21,27H,20H2,1-2H3/t27-/m0/s1. The number of hydrogen-bond donors (Lipinski definition) is 0. The van der Waals surface area contributed by atoms with Crippen LogP contribution in [0.5, 0.6) is 0 Å². The second kappa shape index (κ2) is 10.1. The predicted octanol–water partition coefficient (Wildman–Crippen LogP) is 6.24. The first-order valence-electron chi connectivity index (χ1n) is 11.0. The maximum Gasteiger partial charge on any atom is 0.331 e. The molecule has 4 aromatic carbocycles. The van der Waals surface area contributed by atoms with Crippen LogP contribution >= 0.6 is 0 Å². The third kappa shape index (κ3) is 5.30. The summed E-state index contributed by atoms with van der Waals surface area (Å²) >= 11 is 0. The average molecular weight is 422 g/mol. The third-order valence-electron chi connectivity index (χ3n) is 5.25. The van der Waals surface area contributed by atoms with Crippen molar-refractivity contribution in [1.29, 1.82) is 0 Å². The Hall–Kier alpha value is -3.72. The van der Waals surface area contributed by atoms with Crippen LogP contribution in [0.3, 0.4) is 0 Å². The largest absolute Gasteiger partial charge is 0.461 e. The molecule has 0 bridgehead atoms. The molecule has 0 unspecified atom stereocenters. The summed E-state index contributed by atoms with van der Waals surface area (Å²) in [5, 5.41) is 2.33. The number of ether oxygens (including phenoxy) is 1. The molecule has 160 valence electrons. The number of carbonyl (C=O) groups is 1. The normalized spacial score (nSPS) is 11.8. The van der Waals surface area contributed by atoms with Gasteiger partial charge in [0.1, 0.15) is 0 Å². The number of nitrogens with zero attached hydrogens (tertiary/aromatic N) is 1. The van der Waals surface area contributed by atoms with Gasteiger partial charge < -0.3 is 4.74 Å². The van der Waals surface area contributed by atoms with Gasteiger partial charge in [0, 0.05) is 17.5 Å². The molecule has 0 saturated carbocycles. The minimum absolute atomic E-state index is 0.200. The summed E-state index contributed by atoms with van der Waals surface area (Å²) in [6, 6.07) is 33.9. The van der Waals surface area contributed by atoms with Crippen LogP contribution in [0.1, 0.15) is 30.5 Å². The van der Waals surface area contributed by atoms with Crippen molar-refractivity contribution >= 4 is 22.5 Å². The quantitative estimate of drug-likeness (QED) is 0.262. The van der Waals surface area contributed by atoms with Gasteiger partial charge in [0.05, 0.1) is 11.8 Å². The van der Waals surface area contributed by atoms with Crippen LogP contribution in [0, 0.1) is 0 Å². The molecule has 0 amide bonds. The van der Waals surface area contributed by atoms with E-state index >= 15 is 0 Å². The average Bonchev–Trinajstić information content (AvgIpc) is 2.82. The van der Waals surface area contributed by atoms with Crippen molar-refractivity contribution in [2.45, 2.75) is 32.4 Å². The molecule has 4 aromatic rings. The van der Waals surface area contributed by atoms with Gasteiger partial charge in [0.2, 0.25) is 0 Å². The summed E-state index contributed by atoms with van der Waals surface area (Å²) in [7, 11) is 0. The predicted molar refractivity (Wildman–Crippen MR) is 131 cm³/mol. The SMILES string of the molecule is CC(C)OC(=O)[C@H](Cc1ccc2ccccc2c1)N=C(c1ccccc1)c1ccccc1. The van der Waals surface area contributed by atoms with Crippen molar-refractivity contribution in [2.75, 3.05) is 0 Å². The van der Waals surface area contributed by atoms with Crippen LogP contribution in [-0.4, -0.2) is 23.8 Å². The molecular weight excluding hydrogens is 394 g/mol. The lowest BCUT2D eigenvalue weighted by atomic mass is 9.99. The molecule has 4 rings (SSSR count). The molecular formula is C29H27NO2. The van der Waals surface area contributed by atoms with Crippen LogP contribution < -0.4 is 0 Å². The zero-order valence-electron chi connectivity index (χ0n) is 18.4. The van der Waals surface area contributed by atoms with Crippen LogP contribution in [0.2, 0.25) is 0 Å². The Bertz CT molecular complexity index is 1170. The molecule has 3 heteroatoms. The fourth-order valence-electron chi connectivity index (χ4n) is 3.75. The lowest BCUT2D eigenvalue weighted by Gasteiger charge is -2.17. The Kier molecular flexibility index (Phi) is 6.76. The maximum absolute atomic E-state index is 13.1. The zero-order valence-corrected chi connectivity index (χ0v) is 18.4. The molecule has 0 aromatic heterocycles. The van der Waals surface area contributed by atoms with Crippen LogP contribution in [0.25, 0.3) is 10.8 Å². The number of hydrogen-bond acceptors (Lipinski definition) is 3. The van der Waals surface area contributed by atoms with Crippen LogP contribution in [0.4, 0.5) is 0 Å². The van der Waals surface area contributed by atoms with Gasteiger partial charge in [-0.2, -0.15) is 0 Å². The van der Waals surface area contributed by atoms with Gasteiger partial charge in [-0.25, -0.2) is 4.79 Å². The van der Waals surface area contributed by atoms with E-state index < -0.39 is 6.04 Å². The van der Waals surface area contributed by atoms with E-state index in [1.54, 1.807) is 0 Å². The fraction of sp³-hybridized carbons (Fsp3) is 0.172. The Morgan fingerprint density at radius 1 is 0.750 bits per heavy atom. The van der Waals surface area contributed by atoms with E-state index in [9.17, 15) is 4.79 Å². The lowest BCUT2D eigenvalue weighted by Crippen LogP contribution is -2.28. The molecule has 0 fully saturated rings. The lowest BCUT2D eigenvalue weighted by molar-refractivity contribution is -0.148. The number of fused-ring (bicyclic) bond motifs is 1. The smallest absolute Gasteiger partial charge is 0.331 e. The van der Waals surface area contributed by atoms with E-state index in [-0.39, 0.29) is 12.1 Å².